The third-order valence-electron chi connectivity index (χ3n) is 6.13. The van der Waals surface area contributed by atoms with Crippen LogP contribution in [-0.2, 0) is 10.0 Å². The fraction of sp³-hybridized carbons (Fsp3) is 0.346. The van der Waals surface area contributed by atoms with Crippen molar-refractivity contribution in [2.45, 2.75) is 26.2 Å². The van der Waals surface area contributed by atoms with Crippen molar-refractivity contribution in [3.63, 3.8) is 0 Å². The van der Waals surface area contributed by atoms with Gasteiger partial charge in [-0.15, -0.1) is 0 Å². The van der Waals surface area contributed by atoms with Crippen LogP contribution in [0.2, 0.25) is 0 Å². The highest BCUT2D eigenvalue weighted by molar-refractivity contribution is 7.92. The second-order valence-corrected chi connectivity index (χ2v) is 10.5. The van der Waals surface area contributed by atoms with Gasteiger partial charge < -0.3 is 10.1 Å². The summed E-state index contributed by atoms with van der Waals surface area (Å²) in [4.78, 5) is 4.60. The standard InChI is InChI=1S/C26H31N3O3S/c1-19-10-11-24-25(28-19)8-5-9-26(24)32-17-14-23(20-12-15-27-16-13-20)21-6-4-7-22(18-21)29(2)33(3,30)31/h4-11,18,27H,12-17H2,1-3H3. The predicted molar refractivity (Wildman–Crippen MR) is 135 cm³/mol. The number of pyridine rings is 1. The Labute approximate surface area is 196 Å². The molecule has 0 bridgehead atoms. The van der Waals surface area contributed by atoms with E-state index < -0.39 is 10.0 Å². The molecule has 4 rings (SSSR count). The van der Waals surface area contributed by atoms with Gasteiger partial charge >= 0.3 is 0 Å². The van der Waals surface area contributed by atoms with Gasteiger partial charge in [-0.25, -0.2) is 8.42 Å². The number of nitrogens with one attached hydrogen (secondary N) is 1. The molecule has 2 heterocycles. The third kappa shape index (κ3) is 5.54. The molecule has 0 aliphatic carbocycles. The molecular formula is C26H31N3O3S. The van der Waals surface area contributed by atoms with Crippen LogP contribution in [0.15, 0.2) is 60.2 Å². The molecule has 0 spiro atoms. The number of fused-ring (bicyclic) bond motifs is 1. The van der Waals surface area contributed by atoms with Crippen LogP contribution in [0.3, 0.4) is 0 Å². The van der Waals surface area contributed by atoms with Crippen LogP contribution in [0.25, 0.3) is 16.5 Å². The summed E-state index contributed by atoms with van der Waals surface area (Å²) in [6, 6.07) is 17.8. The monoisotopic (exact) mass is 465 g/mol. The first-order valence-corrected chi connectivity index (χ1v) is 13.1. The zero-order chi connectivity index (χ0) is 23.4. The number of benzene rings is 2. The van der Waals surface area contributed by atoms with Crippen molar-refractivity contribution >= 4 is 32.2 Å². The molecule has 33 heavy (non-hydrogen) atoms. The van der Waals surface area contributed by atoms with Crippen LogP contribution in [0, 0.1) is 6.92 Å². The van der Waals surface area contributed by atoms with E-state index in [0.29, 0.717) is 12.3 Å². The maximum atomic E-state index is 12.1. The number of hydrogen-bond donors (Lipinski definition) is 1. The van der Waals surface area contributed by atoms with E-state index in [-0.39, 0.29) is 0 Å². The maximum Gasteiger partial charge on any atom is 0.231 e. The Morgan fingerprint density at radius 1 is 1.09 bits per heavy atom. The van der Waals surface area contributed by atoms with Crippen molar-refractivity contribution in [2.24, 2.45) is 0 Å². The quantitative estimate of drug-likeness (QED) is 0.554. The van der Waals surface area contributed by atoms with Crippen molar-refractivity contribution in [1.82, 2.24) is 10.3 Å². The Kier molecular flexibility index (Phi) is 7.00. The Bertz CT molecular complexity index is 1280. The van der Waals surface area contributed by atoms with Crippen molar-refractivity contribution in [3.05, 3.63) is 71.4 Å². The van der Waals surface area contributed by atoms with Crippen LogP contribution >= 0.6 is 0 Å². The summed E-state index contributed by atoms with van der Waals surface area (Å²) in [5.74, 6) is 0.834. The van der Waals surface area contributed by atoms with E-state index in [1.165, 1.54) is 21.7 Å². The molecule has 0 amide bonds. The van der Waals surface area contributed by atoms with Crippen LogP contribution in [0.4, 0.5) is 5.69 Å². The van der Waals surface area contributed by atoms with E-state index in [1.54, 1.807) is 7.05 Å². The Morgan fingerprint density at radius 2 is 1.85 bits per heavy atom. The second-order valence-electron chi connectivity index (χ2n) is 8.49. The number of ether oxygens (including phenoxy) is 1. The summed E-state index contributed by atoms with van der Waals surface area (Å²) in [5, 5.41) is 4.43. The first-order chi connectivity index (χ1) is 15.8. The van der Waals surface area contributed by atoms with E-state index in [4.69, 9.17) is 4.74 Å². The number of hydrogen-bond acceptors (Lipinski definition) is 5. The minimum absolute atomic E-state index is 0.533. The maximum absolute atomic E-state index is 12.1. The van der Waals surface area contributed by atoms with Crippen molar-refractivity contribution < 1.29 is 13.2 Å². The number of sulfonamides is 1. The molecule has 0 unspecified atom stereocenters. The van der Waals surface area contributed by atoms with Crippen LogP contribution in [0.1, 0.15) is 30.5 Å². The molecule has 174 valence electrons. The first kappa shape index (κ1) is 23.3. The number of rotatable bonds is 7. The zero-order valence-corrected chi connectivity index (χ0v) is 20.3. The summed E-state index contributed by atoms with van der Waals surface area (Å²) < 4.78 is 31.7. The SMILES string of the molecule is Cc1ccc2c(OCCC(=C3CCNCC3)c3cccc(N(C)S(C)(=O)=O)c3)cccc2n1. The van der Waals surface area contributed by atoms with Gasteiger partial charge in [-0.1, -0.05) is 23.8 Å². The lowest BCUT2D eigenvalue weighted by molar-refractivity contribution is 0.330. The third-order valence-corrected chi connectivity index (χ3v) is 7.34. The Morgan fingerprint density at radius 3 is 2.61 bits per heavy atom. The molecule has 0 atom stereocenters. The van der Waals surface area contributed by atoms with E-state index in [2.05, 4.69) is 22.4 Å². The largest absolute Gasteiger partial charge is 0.493 e. The summed E-state index contributed by atoms with van der Waals surface area (Å²) >= 11 is 0. The van der Waals surface area contributed by atoms with Gasteiger partial charge in [-0.2, -0.15) is 0 Å². The molecule has 1 aliphatic rings. The van der Waals surface area contributed by atoms with Crippen LogP contribution in [-0.4, -0.2) is 46.4 Å². The van der Waals surface area contributed by atoms with E-state index >= 15 is 0 Å². The minimum atomic E-state index is -3.32. The van der Waals surface area contributed by atoms with E-state index in [9.17, 15) is 8.42 Å². The van der Waals surface area contributed by atoms with E-state index in [1.807, 2.05) is 49.4 Å². The lowest BCUT2D eigenvalue weighted by Gasteiger charge is -2.23. The number of anilines is 1. The van der Waals surface area contributed by atoms with Gasteiger partial charge in [0.1, 0.15) is 5.75 Å². The highest BCUT2D eigenvalue weighted by atomic mass is 32.2. The number of aryl methyl sites for hydroxylation is 1. The fourth-order valence-corrected chi connectivity index (χ4v) is 4.75. The molecule has 1 aliphatic heterocycles. The Hall–Kier alpha value is -2.90. The van der Waals surface area contributed by atoms with Crippen molar-refractivity contribution in [1.29, 1.82) is 0 Å². The zero-order valence-electron chi connectivity index (χ0n) is 19.5. The van der Waals surface area contributed by atoms with E-state index in [0.717, 1.165) is 60.3 Å². The smallest absolute Gasteiger partial charge is 0.231 e. The highest BCUT2D eigenvalue weighted by Crippen LogP contribution is 2.31. The first-order valence-electron chi connectivity index (χ1n) is 11.3. The average molecular weight is 466 g/mol. The summed E-state index contributed by atoms with van der Waals surface area (Å²) in [6.45, 7) is 4.43. The second kappa shape index (κ2) is 9.93. The molecule has 1 fully saturated rings. The van der Waals surface area contributed by atoms with Crippen molar-refractivity contribution in [3.8, 4) is 5.75 Å². The highest BCUT2D eigenvalue weighted by Gasteiger charge is 2.17. The molecule has 7 heteroatoms. The molecule has 6 nitrogen and oxygen atoms in total. The van der Waals surface area contributed by atoms with Gasteiger partial charge in [0.15, 0.2) is 0 Å². The molecule has 3 aromatic rings. The van der Waals surface area contributed by atoms with Crippen LogP contribution < -0.4 is 14.4 Å². The topological polar surface area (TPSA) is 71.5 Å². The van der Waals surface area contributed by atoms with Gasteiger partial charge in [0.25, 0.3) is 0 Å². The Balaban J connectivity index is 1.60. The number of nitrogens with zero attached hydrogens (tertiary/aromatic N) is 2. The van der Waals surface area contributed by atoms with Crippen LogP contribution in [0.5, 0.6) is 5.75 Å². The van der Waals surface area contributed by atoms with Gasteiger partial charge in [-0.3, -0.25) is 9.29 Å². The predicted octanol–water partition coefficient (Wildman–Crippen LogP) is 4.55. The molecule has 1 aromatic heterocycles. The number of aromatic nitrogens is 1. The normalized spacial score (nSPS) is 14.3. The van der Waals surface area contributed by atoms with Gasteiger partial charge in [0.05, 0.1) is 24.1 Å². The van der Waals surface area contributed by atoms with Crippen molar-refractivity contribution in [2.75, 3.05) is 37.3 Å². The lowest BCUT2D eigenvalue weighted by Crippen LogP contribution is -2.25. The molecule has 1 saturated heterocycles. The average Bonchev–Trinajstić information content (AvgIpc) is 2.81. The molecular weight excluding hydrogens is 434 g/mol. The van der Waals surface area contributed by atoms with Gasteiger partial charge in [0.2, 0.25) is 10.0 Å². The summed E-state index contributed by atoms with van der Waals surface area (Å²) in [5.41, 5.74) is 6.29. The van der Waals surface area contributed by atoms with Gasteiger partial charge in [0, 0.05) is 24.5 Å². The molecule has 2 aromatic carbocycles. The molecule has 0 saturated carbocycles. The summed E-state index contributed by atoms with van der Waals surface area (Å²) in [7, 11) is -1.73. The molecule has 0 radical (unpaired) electrons. The fourth-order valence-electron chi connectivity index (χ4n) is 4.25. The number of piperidine rings is 1. The molecule has 1 N–H and O–H groups in total. The van der Waals surface area contributed by atoms with Gasteiger partial charge in [-0.05, 0) is 80.4 Å². The lowest BCUT2D eigenvalue weighted by atomic mass is 9.91. The minimum Gasteiger partial charge on any atom is -0.493 e. The summed E-state index contributed by atoms with van der Waals surface area (Å²) in [6.07, 6.45) is 3.94.